The molecule has 1 atom stereocenters. The highest BCUT2D eigenvalue weighted by atomic mass is 16.2. The minimum absolute atomic E-state index is 0.0205. The number of hydrogen-bond acceptors (Lipinski definition) is 2. The fourth-order valence-electron chi connectivity index (χ4n) is 2.08. The number of carbonyl (C=O) groups is 2. The molecule has 1 N–H and O–H groups in total. The number of carbonyl (C=O) groups excluding carboxylic acids is 2. The highest BCUT2D eigenvalue weighted by Crippen LogP contribution is 2.15. The van der Waals surface area contributed by atoms with Gasteiger partial charge in [0.1, 0.15) is 0 Å². The third-order valence-electron chi connectivity index (χ3n) is 3.38. The Morgan fingerprint density at radius 1 is 1.38 bits per heavy atom. The van der Waals surface area contributed by atoms with Crippen LogP contribution >= 0.6 is 0 Å². The van der Waals surface area contributed by atoms with Gasteiger partial charge in [0, 0.05) is 19.0 Å². The van der Waals surface area contributed by atoms with Gasteiger partial charge in [0.2, 0.25) is 11.8 Å². The van der Waals surface area contributed by atoms with Crippen LogP contribution in [0.25, 0.3) is 0 Å². The predicted octanol–water partition coefficient (Wildman–Crippen LogP) is 1.16. The van der Waals surface area contributed by atoms with Crippen LogP contribution in [0, 0.1) is 5.92 Å². The lowest BCUT2D eigenvalue weighted by Crippen LogP contribution is -2.42. The summed E-state index contributed by atoms with van der Waals surface area (Å²) in [6.45, 7) is 7.17. The van der Waals surface area contributed by atoms with Gasteiger partial charge in [0.25, 0.3) is 0 Å². The summed E-state index contributed by atoms with van der Waals surface area (Å²) in [5, 5.41) is 2.63. The molecule has 1 rings (SSSR count). The fourth-order valence-corrected chi connectivity index (χ4v) is 2.08. The summed E-state index contributed by atoms with van der Waals surface area (Å²) in [7, 11) is 0. The lowest BCUT2D eigenvalue weighted by atomic mass is 10.0. The third-order valence-corrected chi connectivity index (χ3v) is 3.38. The van der Waals surface area contributed by atoms with Gasteiger partial charge in [0.05, 0.1) is 6.54 Å². The van der Waals surface area contributed by atoms with Crippen LogP contribution in [0.1, 0.15) is 40.0 Å². The van der Waals surface area contributed by atoms with Crippen LogP contribution in [0.4, 0.5) is 0 Å². The Labute approximate surface area is 97.4 Å². The van der Waals surface area contributed by atoms with Crippen molar-refractivity contribution in [1.82, 2.24) is 10.2 Å². The number of nitrogens with zero attached hydrogens (tertiary/aromatic N) is 1. The molecule has 0 aromatic heterocycles. The van der Waals surface area contributed by atoms with Gasteiger partial charge < -0.3 is 10.2 Å². The summed E-state index contributed by atoms with van der Waals surface area (Å²) in [5.74, 6) is 0.567. The van der Waals surface area contributed by atoms with Gasteiger partial charge in [0.15, 0.2) is 0 Å². The Hall–Kier alpha value is -1.06. The number of amides is 2. The van der Waals surface area contributed by atoms with E-state index in [0.717, 1.165) is 19.4 Å². The van der Waals surface area contributed by atoms with E-state index in [4.69, 9.17) is 0 Å². The second kappa shape index (κ2) is 5.87. The molecular weight excluding hydrogens is 204 g/mol. The number of nitrogens with one attached hydrogen (secondary N) is 1. The van der Waals surface area contributed by atoms with Gasteiger partial charge in [-0.05, 0) is 12.8 Å². The minimum atomic E-state index is -0.0205. The van der Waals surface area contributed by atoms with Crippen LogP contribution < -0.4 is 5.32 Å². The van der Waals surface area contributed by atoms with Crippen molar-refractivity contribution >= 4 is 11.8 Å². The zero-order valence-corrected chi connectivity index (χ0v) is 10.5. The average molecular weight is 226 g/mol. The van der Waals surface area contributed by atoms with Crippen molar-refractivity contribution in [2.75, 3.05) is 13.1 Å². The zero-order valence-electron chi connectivity index (χ0n) is 10.5. The van der Waals surface area contributed by atoms with E-state index in [1.54, 1.807) is 0 Å². The van der Waals surface area contributed by atoms with Gasteiger partial charge in [-0.3, -0.25) is 9.59 Å². The quantitative estimate of drug-likeness (QED) is 0.782. The summed E-state index contributed by atoms with van der Waals surface area (Å²) in [5.41, 5.74) is 0. The molecule has 0 bridgehead atoms. The molecule has 2 amide bonds. The first kappa shape index (κ1) is 13.0. The Morgan fingerprint density at radius 2 is 2.00 bits per heavy atom. The van der Waals surface area contributed by atoms with E-state index in [0.29, 0.717) is 12.3 Å². The van der Waals surface area contributed by atoms with E-state index in [1.165, 1.54) is 0 Å². The Bertz CT molecular complexity index is 262. The van der Waals surface area contributed by atoms with Gasteiger partial charge in [-0.15, -0.1) is 0 Å². The van der Waals surface area contributed by atoms with Gasteiger partial charge >= 0.3 is 0 Å². The lowest BCUT2D eigenvalue weighted by Gasteiger charge is -2.29. The molecular formula is C12H22N2O2. The molecule has 1 aliphatic heterocycles. The normalized spacial score (nSPS) is 22.2. The summed E-state index contributed by atoms with van der Waals surface area (Å²) in [6.07, 6.45) is 2.58. The molecule has 16 heavy (non-hydrogen) atoms. The van der Waals surface area contributed by atoms with E-state index < -0.39 is 0 Å². The molecule has 0 aromatic carbocycles. The molecule has 1 heterocycles. The van der Waals surface area contributed by atoms with Crippen molar-refractivity contribution < 1.29 is 9.59 Å². The van der Waals surface area contributed by atoms with E-state index in [2.05, 4.69) is 19.2 Å². The van der Waals surface area contributed by atoms with Gasteiger partial charge in [-0.2, -0.15) is 0 Å². The molecule has 1 unspecified atom stereocenters. The number of hydrogen-bond donors (Lipinski definition) is 1. The van der Waals surface area contributed by atoms with Gasteiger partial charge in [-0.1, -0.05) is 26.7 Å². The molecule has 0 saturated carbocycles. The maximum Gasteiger partial charge on any atom is 0.242 e. The van der Waals surface area contributed by atoms with E-state index >= 15 is 0 Å². The molecule has 1 fully saturated rings. The van der Waals surface area contributed by atoms with Crippen LogP contribution in [-0.4, -0.2) is 35.8 Å². The number of rotatable bonds is 4. The third kappa shape index (κ3) is 3.22. The second-order valence-corrected chi connectivity index (χ2v) is 4.56. The van der Waals surface area contributed by atoms with Gasteiger partial charge in [-0.25, -0.2) is 0 Å². The lowest BCUT2D eigenvalue weighted by molar-refractivity contribution is -0.132. The molecule has 1 saturated heterocycles. The van der Waals surface area contributed by atoms with Crippen LogP contribution in [0.2, 0.25) is 0 Å². The smallest absolute Gasteiger partial charge is 0.242 e. The van der Waals surface area contributed by atoms with E-state index in [-0.39, 0.29) is 24.4 Å². The van der Waals surface area contributed by atoms with Crippen molar-refractivity contribution in [2.24, 2.45) is 5.92 Å². The van der Waals surface area contributed by atoms with Crippen LogP contribution in [0.15, 0.2) is 0 Å². The second-order valence-electron chi connectivity index (χ2n) is 4.56. The zero-order chi connectivity index (χ0) is 12.1. The summed E-state index contributed by atoms with van der Waals surface area (Å²) < 4.78 is 0. The van der Waals surface area contributed by atoms with E-state index in [1.807, 2.05) is 11.8 Å². The molecule has 4 nitrogen and oxygen atoms in total. The minimum Gasteiger partial charge on any atom is -0.347 e. The topological polar surface area (TPSA) is 49.4 Å². The van der Waals surface area contributed by atoms with Crippen molar-refractivity contribution in [1.29, 1.82) is 0 Å². The van der Waals surface area contributed by atoms with Crippen molar-refractivity contribution in [3.63, 3.8) is 0 Å². The summed E-state index contributed by atoms with van der Waals surface area (Å²) in [6, 6.07) is 0.0237. The molecule has 4 heteroatoms. The molecule has 0 aliphatic carbocycles. The van der Waals surface area contributed by atoms with Crippen LogP contribution in [-0.2, 0) is 9.59 Å². The van der Waals surface area contributed by atoms with E-state index in [9.17, 15) is 9.59 Å². The molecule has 0 aromatic rings. The van der Waals surface area contributed by atoms with Crippen molar-refractivity contribution in [3.05, 3.63) is 0 Å². The maximum atomic E-state index is 11.8. The van der Waals surface area contributed by atoms with Crippen LogP contribution in [0.3, 0.4) is 0 Å². The Balaban J connectivity index is 2.67. The van der Waals surface area contributed by atoms with Crippen molar-refractivity contribution in [3.8, 4) is 0 Å². The first-order valence-electron chi connectivity index (χ1n) is 6.14. The maximum absolute atomic E-state index is 11.8. The molecule has 0 radical (unpaired) electrons. The fraction of sp³-hybridized carbons (Fsp3) is 0.833. The highest BCUT2D eigenvalue weighted by molar-refractivity contribution is 5.87. The largest absolute Gasteiger partial charge is 0.347 e. The van der Waals surface area contributed by atoms with Crippen molar-refractivity contribution in [2.45, 2.75) is 46.1 Å². The predicted molar refractivity (Wildman–Crippen MR) is 62.9 cm³/mol. The summed E-state index contributed by atoms with van der Waals surface area (Å²) in [4.78, 5) is 25.0. The molecule has 92 valence electrons. The van der Waals surface area contributed by atoms with Crippen LogP contribution in [0.5, 0.6) is 0 Å². The molecule has 0 spiro atoms. The Morgan fingerprint density at radius 3 is 2.56 bits per heavy atom. The first-order chi connectivity index (χ1) is 7.58. The average Bonchev–Trinajstić information content (AvgIpc) is 2.37. The molecule has 1 aliphatic rings. The Kier molecular flexibility index (Phi) is 4.77. The summed E-state index contributed by atoms with van der Waals surface area (Å²) >= 11 is 0. The highest BCUT2D eigenvalue weighted by Gasteiger charge is 2.27. The monoisotopic (exact) mass is 226 g/mol. The standard InChI is InChI=1S/C12H22N2O2/c1-4-10(5-2)8-14-9(3)6-11(15)13-7-12(14)16/h9-10H,4-8H2,1-3H3,(H,13,15). The first-order valence-corrected chi connectivity index (χ1v) is 6.14. The SMILES string of the molecule is CCC(CC)CN1C(=O)CNC(=O)CC1C.